The first-order valence-electron chi connectivity index (χ1n) is 11.6. The number of hydrogen-bond acceptors (Lipinski definition) is 3. The fourth-order valence-electron chi connectivity index (χ4n) is 3.69. The Morgan fingerprint density at radius 2 is 1.53 bits per heavy atom. The number of nitrogens with zero attached hydrogens (tertiary/aromatic N) is 1. The monoisotopic (exact) mass is 562 g/mol. The van der Waals surface area contributed by atoms with Crippen molar-refractivity contribution in [3.05, 3.63) is 105 Å². The zero-order chi connectivity index (χ0) is 26.1. The third-order valence-corrected chi connectivity index (χ3v) is 7.43. The summed E-state index contributed by atoms with van der Waals surface area (Å²) < 4.78 is 0. The van der Waals surface area contributed by atoms with Gasteiger partial charge in [-0.3, -0.25) is 9.59 Å². The zero-order valence-corrected chi connectivity index (χ0v) is 23.3. The number of benzene rings is 3. The molecule has 1 N–H and O–H groups in total. The van der Waals surface area contributed by atoms with Crippen molar-refractivity contribution in [1.29, 1.82) is 0 Å². The average molecular weight is 564 g/mol. The molecule has 0 saturated carbocycles. The maximum Gasteiger partial charge on any atom is 0.243 e. The van der Waals surface area contributed by atoms with E-state index in [-0.39, 0.29) is 30.2 Å². The summed E-state index contributed by atoms with van der Waals surface area (Å²) in [6.45, 7) is 4.05. The van der Waals surface area contributed by atoms with Crippen molar-refractivity contribution in [3.63, 3.8) is 0 Å². The summed E-state index contributed by atoms with van der Waals surface area (Å²) in [5.41, 5.74) is 2.85. The highest BCUT2D eigenvalue weighted by Crippen LogP contribution is 2.25. The van der Waals surface area contributed by atoms with Crippen LogP contribution in [-0.2, 0) is 28.3 Å². The van der Waals surface area contributed by atoms with Crippen LogP contribution in [0.1, 0.15) is 30.5 Å². The van der Waals surface area contributed by atoms with E-state index < -0.39 is 6.04 Å². The first kappa shape index (κ1) is 28.4. The number of carbonyl (C=O) groups excluding carboxylic acids is 2. The molecule has 1 unspecified atom stereocenters. The summed E-state index contributed by atoms with van der Waals surface area (Å²) in [7, 11) is 0. The molecular weight excluding hydrogens is 535 g/mol. The molecule has 4 nitrogen and oxygen atoms in total. The minimum Gasteiger partial charge on any atom is -0.352 e. The van der Waals surface area contributed by atoms with E-state index in [1.54, 1.807) is 17.0 Å². The summed E-state index contributed by atoms with van der Waals surface area (Å²) in [4.78, 5) is 28.6. The molecule has 0 bridgehead atoms. The molecular formula is C28H29Cl3N2O2S. The minimum absolute atomic E-state index is 0.0584. The van der Waals surface area contributed by atoms with Gasteiger partial charge in [0.2, 0.25) is 11.8 Å². The van der Waals surface area contributed by atoms with Crippen LogP contribution < -0.4 is 5.32 Å². The molecule has 0 spiro atoms. The van der Waals surface area contributed by atoms with Crippen LogP contribution in [0.2, 0.25) is 15.1 Å². The normalized spacial score (nSPS) is 11.8. The van der Waals surface area contributed by atoms with Gasteiger partial charge in [-0.1, -0.05) is 83.3 Å². The van der Waals surface area contributed by atoms with Gasteiger partial charge in [0.15, 0.2) is 0 Å². The predicted molar refractivity (Wildman–Crippen MR) is 152 cm³/mol. The Kier molecular flexibility index (Phi) is 11.0. The molecule has 0 aromatic heterocycles. The van der Waals surface area contributed by atoms with Crippen LogP contribution in [0.5, 0.6) is 0 Å². The van der Waals surface area contributed by atoms with Crippen LogP contribution in [0, 0.1) is 0 Å². The third-order valence-electron chi connectivity index (χ3n) is 5.45. The summed E-state index contributed by atoms with van der Waals surface area (Å²) in [5.74, 6) is 0.569. The fraction of sp³-hybridized carbons (Fsp3) is 0.286. The second-order valence-corrected chi connectivity index (χ2v) is 11.0. The number of hydrogen-bond donors (Lipinski definition) is 1. The maximum absolute atomic E-state index is 13.6. The van der Waals surface area contributed by atoms with Crippen LogP contribution >= 0.6 is 46.6 Å². The molecule has 3 aromatic rings. The highest BCUT2D eigenvalue weighted by Gasteiger charge is 2.30. The van der Waals surface area contributed by atoms with Gasteiger partial charge in [0, 0.05) is 29.8 Å². The van der Waals surface area contributed by atoms with Crippen molar-refractivity contribution < 1.29 is 9.59 Å². The Balaban J connectivity index is 1.86. The standard InChI is InChI=1S/C28H29Cl3N2O2S/c1-19(2)32-28(35)26(15-20-6-4-3-5-7-20)33(16-22-10-13-24(30)25(31)14-22)27(34)18-36-17-21-8-11-23(29)12-9-21/h3-14,19,26H,15-18H2,1-2H3,(H,32,35). The van der Waals surface area contributed by atoms with Gasteiger partial charge in [-0.2, -0.15) is 0 Å². The van der Waals surface area contributed by atoms with Crippen LogP contribution in [-0.4, -0.2) is 34.6 Å². The first-order valence-corrected chi connectivity index (χ1v) is 13.9. The molecule has 8 heteroatoms. The Hall–Kier alpha value is -2.18. The Bertz CT molecular complexity index is 1160. The van der Waals surface area contributed by atoms with Crippen LogP contribution in [0.15, 0.2) is 72.8 Å². The van der Waals surface area contributed by atoms with Crippen LogP contribution in [0.25, 0.3) is 0 Å². The lowest BCUT2D eigenvalue weighted by Gasteiger charge is -2.32. The molecule has 36 heavy (non-hydrogen) atoms. The van der Waals surface area contributed by atoms with Crippen molar-refractivity contribution in [2.75, 3.05) is 5.75 Å². The van der Waals surface area contributed by atoms with E-state index in [0.29, 0.717) is 27.2 Å². The number of amides is 2. The quantitative estimate of drug-likeness (QED) is 0.272. The average Bonchev–Trinajstić information content (AvgIpc) is 2.85. The minimum atomic E-state index is -0.687. The van der Waals surface area contributed by atoms with E-state index in [9.17, 15) is 9.59 Å². The van der Waals surface area contributed by atoms with E-state index in [4.69, 9.17) is 34.8 Å². The zero-order valence-electron chi connectivity index (χ0n) is 20.2. The molecule has 1 atom stereocenters. The van der Waals surface area contributed by atoms with Crippen molar-refractivity contribution in [3.8, 4) is 0 Å². The first-order chi connectivity index (χ1) is 17.2. The van der Waals surface area contributed by atoms with Crippen molar-refractivity contribution in [1.82, 2.24) is 10.2 Å². The van der Waals surface area contributed by atoms with Gasteiger partial charge >= 0.3 is 0 Å². The molecule has 0 aliphatic carbocycles. The smallest absolute Gasteiger partial charge is 0.243 e. The Labute approximate surface area is 232 Å². The van der Waals surface area contributed by atoms with Gasteiger partial charge < -0.3 is 10.2 Å². The SMILES string of the molecule is CC(C)NC(=O)C(Cc1ccccc1)N(Cc1ccc(Cl)c(Cl)c1)C(=O)CSCc1ccc(Cl)cc1. The number of thioether (sulfide) groups is 1. The molecule has 3 aromatic carbocycles. The molecule has 0 saturated heterocycles. The number of halogens is 3. The second-order valence-electron chi connectivity index (χ2n) is 8.76. The van der Waals surface area contributed by atoms with E-state index in [1.165, 1.54) is 11.8 Å². The molecule has 3 rings (SSSR count). The van der Waals surface area contributed by atoms with Gasteiger partial charge in [-0.25, -0.2) is 0 Å². The van der Waals surface area contributed by atoms with Crippen molar-refractivity contribution in [2.45, 2.75) is 44.6 Å². The summed E-state index contributed by atoms with van der Waals surface area (Å²) in [6, 6.07) is 21.8. The van der Waals surface area contributed by atoms with Gasteiger partial charge in [-0.15, -0.1) is 11.8 Å². The summed E-state index contributed by atoms with van der Waals surface area (Å²) in [6.07, 6.45) is 0.397. The summed E-state index contributed by atoms with van der Waals surface area (Å²) in [5, 5.41) is 4.51. The van der Waals surface area contributed by atoms with Gasteiger partial charge in [0.25, 0.3) is 0 Å². The van der Waals surface area contributed by atoms with E-state index >= 15 is 0 Å². The molecule has 0 aliphatic heterocycles. The Morgan fingerprint density at radius 1 is 0.861 bits per heavy atom. The molecule has 0 radical (unpaired) electrons. The second kappa shape index (κ2) is 13.9. The number of nitrogens with one attached hydrogen (secondary N) is 1. The van der Waals surface area contributed by atoms with E-state index in [0.717, 1.165) is 16.7 Å². The highest BCUT2D eigenvalue weighted by atomic mass is 35.5. The fourth-order valence-corrected chi connectivity index (χ4v) is 5.01. The van der Waals surface area contributed by atoms with Crippen LogP contribution in [0.4, 0.5) is 0 Å². The lowest BCUT2D eigenvalue weighted by molar-refractivity contribution is -0.139. The molecule has 0 fully saturated rings. The van der Waals surface area contributed by atoms with Crippen molar-refractivity contribution in [2.24, 2.45) is 0 Å². The molecule has 0 aliphatic rings. The lowest BCUT2D eigenvalue weighted by Crippen LogP contribution is -2.52. The molecule has 0 heterocycles. The lowest BCUT2D eigenvalue weighted by atomic mass is 10.0. The highest BCUT2D eigenvalue weighted by molar-refractivity contribution is 7.99. The maximum atomic E-state index is 13.6. The van der Waals surface area contributed by atoms with E-state index in [2.05, 4.69) is 5.32 Å². The largest absolute Gasteiger partial charge is 0.352 e. The Morgan fingerprint density at radius 3 is 2.17 bits per heavy atom. The predicted octanol–water partition coefficient (Wildman–Crippen LogP) is 7.04. The summed E-state index contributed by atoms with van der Waals surface area (Å²) >= 11 is 19.8. The van der Waals surface area contributed by atoms with Gasteiger partial charge in [-0.05, 0) is 54.8 Å². The number of carbonyl (C=O) groups is 2. The molecule has 190 valence electrons. The van der Waals surface area contributed by atoms with Gasteiger partial charge in [0.1, 0.15) is 6.04 Å². The molecule has 2 amide bonds. The van der Waals surface area contributed by atoms with Gasteiger partial charge in [0.05, 0.1) is 15.8 Å². The number of rotatable bonds is 11. The third kappa shape index (κ3) is 8.74. The van der Waals surface area contributed by atoms with Crippen molar-refractivity contribution >= 4 is 58.4 Å². The van der Waals surface area contributed by atoms with E-state index in [1.807, 2.05) is 74.5 Å². The van der Waals surface area contributed by atoms with Crippen LogP contribution in [0.3, 0.4) is 0 Å². The topological polar surface area (TPSA) is 49.4 Å².